The van der Waals surface area contributed by atoms with Gasteiger partial charge in [-0.15, -0.1) is 0 Å². The highest BCUT2D eigenvalue weighted by molar-refractivity contribution is 5.95. The van der Waals surface area contributed by atoms with Crippen molar-refractivity contribution in [3.63, 3.8) is 0 Å². The van der Waals surface area contributed by atoms with E-state index in [4.69, 9.17) is 0 Å². The molecule has 3 aliphatic heterocycles. The molecule has 3 aliphatic rings. The normalized spacial score (nSPS) is 27.4. The van der Waals surface area contributed by atoms with Crippen molar-refractivity contribution in [1.29, 1.82) is 0 Å². The van der Waals surface area contributed by atoms with Gasteiger partial charge >= 0.3 is 0 Å². The van der Waals surface area contributed by atoms with Gasteiger partial charge < -0.3 is 20.0 Å². The third kappa shape index (κ3) is 3.93. The second kappa shape index (κ2) is 7.41. The number of nitrogens with zero attached hydrogens (tertiary/aromatic N) is 3. The molecule has 3 fully saturated rings. The SMILES string of the molecule is CN1CC(=O)N2C[C@@H](NC(=O)CCN3CCCCCC3=O)C[C@H]2C1=O. The summed E-state index contributed by atoms with van der Waals surface area (Å²) in [7, 11) is 1.63. The topological polar surface area (TPSA) is 90.0 Å². The van der Waals surface area contributed by atoms with Crippen molar-refractivity contribution < 1.29 is 19.2 Å². The van der Waals surface area contributed by atoms with E-state index in [0.717, 1.165) is 25.8 Å². The van der Waals surface area contributed by atoms with Crippen LogP contribution < -0.4 is 5.32 Å². The molecule has 0 radical (unpaired) electrons. The van der Waals surface area contributed by atoms with Gasteiger partial charge in [-0.3, -0.25) is 19.2 Å². The number of likely N-dealkylation sites (N-methyl/N-ethyl adjacent to an activating group) is 1. The molecule has 4 amide bonds. The monoisotopic (exact) mass is 350 g/mol. The van der Waals surface area contributed by atoms with Crippen molar-refractivity contribution in [1.82, 2.24) is 20.0 Å². The second-order valence-electron chi connectivity index (χ2n) is 7.20. The highest BCUT2D eigenvalue weighted by Crippen LogP contribution is 2.23. The number of piperazine rings is 1. The zero-order valence-electron chi connectivity index (χ0n) is 14.7. The predicted molar refractivity (Wildman–Crippen MR) is 89.4 cm³/mol. The van der Waals surface area contributed by atoms with Gasteiger partial charge in [0.2, 0.25) is 23.6 Å². The number of nitrogens with one attached hydrogen (secondary N) is 1. The quantitative estimate of drug-likeness (QED) is 0.729. The summed E-state index contributed by atoms with van der Waals surface area (Å²) in [5.74, 6) is -0.136. The van der Waals surface area contributed by atoms with Gasteiger partial charge in [0.15, 0.2) is 0 Å². The molecular formula is C17H26N4O4. The standard InChI is InChI=1S/C17H26N4O4/c1-19-11-16(24)21-10-12(9-13(21)17(19)25)18-14(22)6-8-20-7-4-2-3-5-15(20)23/h12-13H,2-11H2,1H3,(H,18,22)/t12-,13-/m0/s1. The number of hydrogen-bond acceptors (Lipinski definition) is 4. The van der Waals surface area contributed by atoms with E-state index >= 15 is 0 Å². The molecule has 25 heavy (non-hydrogen) atoms. The zero-order chi connectivity index (χ0) is 18.0. The molecule has 0 bridgehead atoms. The van der Waals surface area contributed by atoms with E-state index < -0.39 is 6.04 Å². The Morgan fingerprint density at radius 3 is 2.76 bits per heavy atom. The van der Waals surface area contributed by atoms with Crippen molar-refractivity contribution >= 4 is 23.6 Å². The van der Waals surface area contributed by atoms with Crippen LogP contribution in [-0.4, -0.2) is 83.6 Å². The van der Waals surface area contributed by atoms with Crippen LogP contribution in [0.25, 0.3) is 0 Å². The van der Waals surface area contributed by atoms with E-state index in [-0.39, 0.29) is 42.6 Å². The fourth-order valence-electron chi connectivity index (χ4n) is 3.89. The molecule has 0 aliphatic carbocycles. The minimum absolute atomic E-state index is 0.0634. The summed E-state index contributed by atoms with van der Waals surface area (Å²) in [6.45, 7) is 1.65. The van der Waals surface area contributed by atoms with Crippen LogP contribution in [0.2, 0.25) is 0 Å². The summed E-state index contributed by atoms with van der Waals surface area (Å²) in [6, 6.07) is -0.652. The first-order chi connectivity index (χ1) is 12.0. The zero-order valence-corrected chi connectivity index (χ0v) is 14.7. The fraction of sp³-hybridized carbons (Fsp3) is 0.765. The highest BCUT2D eigenvalue weighted by Gasteiger charge is 2.44. The largest absolute Gasteiger partial charge is 0.351 e. The van der Waals surface area contributed by atoms with E-state index in [1.807, 2.05) is 0 Å². The first-order valence-corrected chi connectivity index (χ1v) is 9.07. The average Bonchev–Trinajstić information content (AvgIpc) is 2.88. The molecule has 0 aromatic rings. The van der Waals surface area contributed by atoms with E-state index in [2.05, 4.69) is 5.32 Å². The lowest BCUT2D eigenvalue weighted by Gasteiger charge is -2.33. The Balaban J connectivity index is 1.48. The molecule has 2 atom stereocenters. The van der Waals surface area contributed by atoms with Crippen LogP contribution in [0.4, 0.5) is 0 Å². The smallest absolute Gasteiger partial charge is 0.245 e. The van der Waals surface area contributed by atoms with Gasteiger partial charge in [0.1, 0.15) is 6.04 Å². The maximum absolute atomic E-state index is 12.2. The van der Waals surface area contributed by atoms with E-state index in [1.165, 1.54) is 4.90 Å². The van der Waals surface area contributed by atoms with Crippen molar-refractivity contribution in [3.8, 4) is 0 Å². The van der Waals surface area contributed by atoms with E-state index in [0.29, 0.717) is 25.9 Å². The maximum Gasteiger partial charge on any atom is 0.245 e. The number of fused-ring (bicyclic) bond motifs is 1. The van der Waals surface area contributed by atoms with Crippen LogP contribution in [0.3, 0.4) is 0 Å². The first kappa shape index (κ1) is 17.7. The van der Waals surface area contributed by atoms with Gasteiger partial charge in [-0.25, -0.2) is 0 Å². The lowest BCUT2D eigenvalue weighted by atomic mass is 10.1. The molecule has 0 saturated carbocycles. The average molecular weight is 350 g/mol. The molecule has 8 nitrogen and oxygen atoms in total. The molecule has 138 valence electrons. The van der Waals surface area contributed by atoms with Crippen LogP contribution >= 0.6 is 0 Å². The third-order valence-electron chi connectivity index (χ3n) is 5.30. The van der Waals surface area contributed by atoms with E-state index in [9.17, 15) is 19.2 Å². The van der Waals surface area contributed by atoms with Gasteiger partial charge in [0.25, 0.3) is 0 Å². The van der Waals surface area contributed by atoms with Crippen LogP contribution in [0.15, 0.2) is 0 Å². The van der Waals surface area contributed by atoms with Gasteiger partial charge in [0, 0.05) is 45.6 Å². The predicted octanol–water partition coefficient (Wildman–Crippen LogP) is -0.663. The minimum Gasteiger partial charge on any atom is -0.351 e. The van der Waals surface area contributed by atoms with Crippen molar-refractivity contribution in [2.45, 2.75) is 50.6 Å². The molecule has 1 N–H and O–H groups in total. The number of likely N-dealkylation sites (tertiary alicyclic amines) is 1. The van der Waals surface area contributed by atoms with Gasteiger partial charge in [-0.2, -0.15) is 0 Å². The van der Waals surface area contributed by atoms with E-state index in [1.54, 1.807) is 16.8 Å². The Labute approximate surface area is 147 Å². The van der Waals surface area contributed by atoms with Crippen LogP contribution in [0.5, 0.6) is 0 Å². The summed E-state index contributed by atoms with van der Waals surface area (Å²) in [5, 5.41) is 2.92. The Hall–Kier alpha value is -2.12. The molecule has 3 heterocycles. The number of amides is 4. The summed E-state index contributed by atoms with van der Waals surface area (Å²) in [6.07, 6.45) is 4.27. The minimum atomic E-state index is -0.455. The van der Waals surface area contributed by atoms with Gasteiger partial charge in [-0.05, 0) is 19.3 Å². The molecule has 3 saturated heterocycles. The van der Waals surface area contributed by atoms with Crippen LogP contribution in [0.1, 0.15) is 38.5 Å². The summed E-state index contributed by atoms with van der Waals surface area (Å²) in [5.41, 5.74) is 0. The Morgan fingerprint density at radius 1 is 1.16 bits per heavy atom. The molecule has 8 heteroatoms. The molecule has 0 aromatic heterocycles. The fourth-order valence-corrected chi connectivity index (χ4v) is 3.89. The second-order valence-corrected chi connectivity index (χ2v) is 7.20. The molecular weight excluding hydrogens is 324 g/mol. The van der Waals surface area contributed by atoms with Gasteiger partial charge in [-0.1, -0.05) is 6.42 Å². The maximum atomic E-state index is 12.2. The van der Waals surface area contributed by atoms with Gasteiger partial charge in [0.05, 0.1) is 6.54 Å². The summed E-state index contributed by atoms with van der Waals surface area (Å²) < 4.78 is 0. The number of rotatable bonds is 4. The summed E-state index contributed by atoms with van der Waals surface area (Å²) >= 11 is 0. The lowest BCUT2D eigenvalue weighted by Crippen LogP contribution is -2.55. The Kier molecular flexibility index (Phi) is 5.24. The Bertz CT molecular complexity index is 579. The Morgan fingerprint density at radius 2 is 1.96 bits per heavy atom. The number of carbonyl (C=O) groups is 4. The highest BCUT2D eigenvalue weighted by atomic mass is 16.2. The molecule has 3 rings (SSSR count). The molecule has 0 spiro atoms. The molecule has 0 unspecified atom stereocenters. The van der Waals surface area contributed by atoms with Crippen molar-refractivity contribution in [3.05, 3.63) is 0 Å². The summed E-state index contributed by atoms with van der Waals surface area (Å²) in [4.78, 5) is 53.2. The first-order valence-electron chi connectivity index (χ1n) is 9.07. The lowest BCUT2D eigenvalue weighted by molar-refractivity contribution is -0.152. The number of hydrogen-bond donors (Lipinski definition) is 1. The van der Waals surface area contributed by atoms with Crippen molar-refractivity contribution in [2.24, 2.45) is 0 Å². The van der Waals surface area contributed by atoms with Crippen LogP contribution in [-0.2, 0) is 19.2 Å². The number of carbonyl (C=O) groups excluding carboxylic acids is 4. The third-order valence-corrected chi connectivity index (χ3v) is 5.30. The van der Waals surface area contributed by atoms with Crippen molar-refractivity contribution in [2.75, 3.05) is 33.2 Å². The van der Waals surface area contributed by atoms with Crippen LogP contribution in [0, 0.1) is 0 Å². The molecule has 0 aromatic carbocycles.